The normalized spacial score (nSPS) is 10.2. The summed E-state index contributed by atoms with van der Waals surface area (Å²) in [6.07, 6.45) is 1.59. The van der Waals surface area contributed by atoms with Gasteiger partial charge in [0.05, 0.1) is 12.3 Å². The zero-order valence-corrected chi connectivity index (χ0v) is 9.63. The number of ether oxygens (including phenoxy) is 1. The summed E-state index contributed by atoms with van der Waals surface area (Å²) >= 11 is 0. The number of aliphatic hydroxyl groups excluding tert-OH is 1. The molecular formula is C13H14N2O2. The Kier molecular flexibility index (Phi) is 3.67. The molecule has 0 bridgehead atoms. The number of nitrogens with zero attached hydrogens (tertiary/aromatic N) is 2. The van der Waals surface area contributed by atoms with Crippen LogP contribution in [0.3, 0.4) is 0 Å². The van der Waals surface area contributed by atoms with Crippen molar-refractivity contribution in [3.05, 3.63) is 53.3 Å². The average molecular weight is 230 g/mol. The Morgan fingerprint density at radius 1 is 1.24 bits per heavy atom. The Hall–Kier alpha value is -1.94. The minimum atomic E-state index is -0.0508. The predicted octanol–water partition coefficient (Wildman–Crippen LogP) is 1.86. The summed E-state index contributed by atoms with van der Waals surface area (Å²) in [7, 11) is 0. The third-order valence-electron chi connectivity index (χ3n) is 2.44. The van der Waals surface area contributed by atoms with Gasteiger partial charge in [0.2, 0.25) is 0 Å². The summed E-state index contributed by atoms with van der Waals surface area (Å²) in [4.78, 5) is 8.20. The molecule has 0 unspecified atom stereocenters. The number of hydrogen-bond donors (Lipinski definition) is 1. The van der Waals surface area contributed by atoms with Gasteiger partial charge in [-0.1, -0.05) is 30.3 Å². The van der Waals surface area contributed by atoms with Crippen molar-refractivity contribution in [1.29, 1.82) is 0 Å². The second kappa shape index (κ2) is 5.41. The fourth-order valence-corrected chi connectivity index (χ4v) is 1.42. The Labute approximate surface area is 99.9 Å². The van der Waals surface area contributed by atoms with E-state index in [0.717, 1.165) is 16.8 Å². The molecule has 1 aromatic heterocycles. The molecule has 0 fully saturated rings. The van der Waals surface area contributed by atoms with E-state index in [-0.39, 0.29) is 6.61 Å². The molecular weight excluding hydrogens is 216 g/mol. The van der Waals surface area contributed by atoms with Crippen LogP contribution in [0.25, 0.3) is 0 Å². The van der Waals surface area contributed by atoms with E-state index in [1.807, 2.05) is 37.3 Å². The van der Waals surface area contributed by atoms with Gasteiger partial charge in [0, 0.05) is 11.8 Å². The van der Waals surface area contributed by atoms with Gasteiger partial charge in [-0.25, -0.2) is 9.97 Å². The number of rotatable bonds is 4. The minimum absolute atomic E-state index is 0.0508. The standard InChI is InChI=1S/C13H14N2O2/c1-10-12(8-16)7-14-13(15-10)17-9-11-5-3-2-4-6-11/h2-7,16H,8-9H2,1H3. The lowest BCUT2D eigenvalue weighted by molar-refractivity contribution is 0.269. The molecule has 17 heavy (non-hydrogen) atoms. The third kappa shape index (κ3) is 3.01. The first-order valence-corrected chi connectivity index (χ1v) is 5.39. The van der Waals surface area contributed by atoms with Gasteiger partial charge in [-0.2, -0.15) is 0 Å². The first-order valence-electron chi connectivity index (χ1n) is 5.39. The average Bonchev–Trinajstić information content (AvgIpc) is 2.38. The number of benzene rings is 1. The Morgan fingerprint density at radius 3 is 2.65 bits per heavy atom. The monoisotopic (exact) mass is 230 g/mol. The Balaban J connectivity index is 2.02. The summed E-state index contributed by atoms with van der Waals surface area (Å²) in [6, 6.07) is 10.2. The molecule has 0 saturated carbocycles. The summed E-state index contributed by atoms with van der Waals surface area (Å²) in [5, 5.41) is 9.00. The van der Waals surface area contributed by atoms with Gasteiger partial charge in [0.1, 0.15) is 6.61 Å². The van der Waals surface area contributed by atoms with Gasteiger partial charge in [-0.05, 0) is 12.5 Å². The largest absolute Gasteiger partial charge is 0.459 e. The molecule has 88 valence electrons. The van der Waals surface area contributed by atoms with Crippen LogP contribution < -0.4 is 4.74 Å². The molecule has 1 heterocycles. The third-order valence-corrected chi connectivity index (χ3v) is 2.44. The van der Waals surface area contributed by atoms with Crippen LogP contribution in [0.15, 0.2) is 36.5 Å². The second-order valence-corrected chi connectivity index (χ2v) is 3.70. The lowest BCUT2D eigenvalue weighted by atomic mass is 10.2. The van der Waals surface area contributed by atoms with Gasteiger partial charge in [0.15, 0.2) is 0 Å². The molecule has 0 saturated heterocycles. The topological polar surface area (TPSA) is 55.2 Å². The number of aromatic nitrogens is 2. The van der Waals surface area contributed by atoms with Crippen LogP contribution in [0.4, 0.5) is 0 Å². The number of aliphatic hydroxyl groups is 1. The SMILES string of the molecule is Cc1nc(OCc2ccccc2)ncc1CO. The second-order valence-electron chi connectivity index (χ2n) is 3.70. The van der Waals surface area contributed by atoms with Crippen molar-refractivity contribution in [2.45, 2.75) is 20.1 Å². The molecule has 1 N–H and O–H groups in total. The summed E-state index contributed by atoms with van der Waals surface area (Å²) in [5.41, 5.74) is 2.53. The smallest absolute Gasteiger partial charge is 0.316 e. The van der Waals surface area contributed by atoms with E-state index in [4.69, 9.17) is 9.84 Å². The summed E-state index contributed by atoms with van der Waals surface area (Å²) in [6.45, 7) is 2.21. The van der Waals surface area contributed by atoms with Crippen molar-refractivity contribution >= 4 is 0 Å². The molecule has 0 aliphatic rings. The molecule has 0 amide bonds. The first kappa shape index (κ1) is 11.5. The zero-order valence-electron chi connectivity index (χ0n) is 9.63. The van der Waals surface area contributed by atoms with E-state index in [1.165, 1.54) is 0 Å². The minimum Gasteiger partial charge on any atom is -0.459 e. The lowest BCUT2D eigenvalue weighted by Crippen LogP contribution is -2.02. The van der Waals surface area contributed by atoms with E-state index in [9.17, 15) is 0 Å². The van der Waals surface area contributed by atoms with Gasteiger partial charge >= 0.3 is 6.01 Å². The van der Waals surface area contributed by atoms with Crippen LogP contribution in [0, 0.1) is 6.92 Å². The van der Waals surface area contributed by atoms with E-state index in [1.54, 1.807) is 6.20 Å². The maximum Gasteiger partial charge on any atom is 0.316 e. The van der Waals surface area contributed by atoms with Crippen LogP contribution in [0.2, 0.25) is 0 Å². The molecule has 4 heteroatoms. The summed E-state index contributed by atoms with van der Waals surface area (Å²) < 4.78 is 5.47. The van der Waals surface area contributed by atoms with Crippen molar-refractivity contribution in [3.8, 4) is 6.01 Å². The number of aryl methyl sites for hydroxylation is 1. The van der Waals surface area contributed by atoms with Crippen molar-refractivity contribution in [2.24, 2.45) is 0 Å². The van der Waals surface area contributed by atoms with Crippen LogP contribution in [0.5, 0.6) is 6.01 Å². The lowest BCUT2D eigenvalue weighted by Gasteiger charge is -2.06. The zero-order chi connectivity index (χ0) is 12.1. The van der Waals surface area contributed by atoms with Crippen LogP contribution in [-0.4, -0.2) is 15.1 Å². The van der Waals surface area contributed by atoms with E-state index >= 15 is 0 Å². The molecule has 0 atom stereocenters. The maximum atomic E-state index is 9.00. The highest BCUT2D eigenvalue weighted by Crippen LogP contribution is 2.10. The molecule has 4 nitrogen and oxygen atoms in total. The molecule has 2 rings (SSSR count). The van der Waals surface area contributed by atoms with E-state index < -0.39 is 0 Å². The Bertz CT molecular complexity index is 486. The van der Waals surface area contributed by atoms with Crippen molar-refractivity contribution in [1.82, 2.24) is 9.97 Å². The molecule has 0 radical (unpaired) electrons. The highest BCUT2D eigenvalue weighted by Gasteiger charge is 2.03. The maximum absolute atomic E-state index is 9.00. The quantitative estimate of drug-likeness (QED) is 0.871. The fourth-order valence-electron chi connectivity index (χ4n) is 1.42. The summed E-state index contributed by atoms with van der Waals surface area (Å²) in [5.74, 6) is 0. The van der Waals surface area contributed by atoms with Crippen LogP contribution in [0.1, 0.15) is 16.8 Å². The highest BCUT2D eigenvalue weighted by molar-refractivity contribution is 5.17. The van der Waals surface area contributed by atoms with Gasteiger partial charge < -0.3 is 9.84 Å². The van der Waals surface area contributed by atoms with Gasteiger partial charge in [-0.15, -0.1) is 0 Å². The molecule has 0 aliphatic heterocycles. The van der Waals surface area contributed by atoms with E-state index in [0.29, 0.717) is 12.6 Å². The highest BCUT2D eigenvalue weighted by atomic mass is 16.5. The van der Waals surface area contributed by atoms with Crippen molar-refractivity contribution in [3.63, 3.8) is 0 Å². The Morgan fingerprint density at radius 2 is 2.00 bits per heavy atom. The predicted molar refractivity (Wildman–Crippen MR) is 63.5 cm³/mol. The van der Waals surface area contributed by atoms with Crippen molar-refractivity contribution < 1.29 is 9.84 Å². The molecule has 1 aromatic carbocycles. The fraction of sp³-hybridized carbons (Fsp3) is 0.231. The molecule has 0 spiro atoms. The molecule has 2 aromatic rings. The van der Waals surface area contributed by atoms with Crippen LogP contribution in [-0.2, 0) is 13.2 Å². The van der Waals surface area contributed by atoms with Crippen LogP contribution >= 0.6 is 0 Å². The number of hydrogen-bond acceptors (Lipinski definition) is 4. The van der Waals surface area contributed by atoms with Gasteiger partial charge in [0.25, 0.3) is 0 Å². The first-order chi connectivity index (χ1) is 8.29. The van der Waals surface area contributed by atoms with E-state index in [2.05, 4.69) is 9.97 Å². The van der Waals surface area contributed by atoms with Gasteiger partial charge in [-0.3, -0.25) is 0 Å². The van der Waals surface area contributed by atoms with Crippen molar-refractivity contribution in [2.75, 3.05) is 0 Å². The molecule has 0 aliphatic carbocycles.